The quantitative estimate of drug-likeness (QED) is 0.536. The summed E-state index contributed by atoms with van der Waals surface area (Å²) in [5, 5.41) is 4.73. The number of para-hydroxylation sites is 1. The number of ether oxygens (including phenoxy) is 1. The Bertz CT molecular complexity index is 1140. The lowest BCUT2D eigenvalue weighted by Crippen LogP contribution is -2.31. The van der Waals surface area contributed by atoms with Crippen molar-refractivity contribution in [3.63, 3.8) is 0 Å². The number of carbonyl (C=O) groups is 1. The summed E-state index contributed by atoms with van der Waals surface area (Å²) < 4.78 is 33.1. The van der Waals surface area contributed by atoms with Crippen molar-refractivity contribution < 1.29 is 17.9 Å². The van der Waals surface area contributed by atoms with Crippen LogP contribution >= 0.6 is 11.3 Å². The number of anilines is 2. The fraction of sp³-hybridized carbons (Fsp3) is 0.273. The third kappa shape index (κ3) is 5.83. The smallest absolute Gasteiger partial charge is 0.265 e. The van der Waals surface area contributed by atoms with E-state index in [4.69, 9.17) is 4.74 Å². The number of nitrogens with one attached hydrogen (secondary N) is 2. The minimum absolute atomic E-state index is 0.0732. The number of benzene rings is 2. The summed E-state index contributed by atoms with van der Waals surface area (Å²) in [7, 11) is -3.74. The van der Waals surface area contributed by atoms with Crippen LogP contribution in [0.4, 0.5) is 10.8 Å². The SMILES string of the molecule is CC(Oc1ccccc1C(C)(C)C)C(=O)Nc1ccc(S(=O)(=O)Nc2nccs2)cc1. The summed E-state index contributed by atoms with van der Waals surface area (Å²) >= 11 is 1.19. The number of amides is 1. The first-order chi connectivity index (χ1) is 14.6. The first-order valence-electron chi connectivity index (χ1n) is 9.66. The number of nitrogens with zero attached hydrogens (tertiary/aromatic N) is 1. The van der Waals surface area contributed by atoms with Crippen molar-refractivity contribution in [1.82, 2.24) is 4.98 Å². The molecule has 1 unspecified atom stereocenters. The van der Waals surface area contributed by atoms with E-state index in [0.717, 1.165) is 5.56 Å². The Labute approximate surface area is 186 Å². The summed E-state index contributed by atoms with van der Waals surface area (Å²) in [6, 6.07) is 13.6. The Morgan fingerprint density at radius 2 is 1.77 bits per heavy atom. The van der Waals surface area contributed by atoms with Gasteiger partial charge in [-0.05, 0) is 48.2 Å². The maximum atomic E-state index is 12.6. The van der Waals surface area contributed by atoms with E-state index in [0.29, 0.717) is 16.6 Å². The predicted molar refractivity (Wildman–Crippen MR) is 123 cm³/mol. The highest BCUT2D eigenvalue weighted by Crippen LogP contribution is 2.31. The van der Waals surface area contributed by atoms with E-state index in [9.17, 15) is 13.2 Å². The van der Waals surface area contributed by atoms with Crippen molar-refractivity contribution in [2.75, 3.05) is 10.0 Å². The number of carbonyl (C=O) groups excluding carboxylic acids is 1. The largest absolute Gasteiger partial charge is 0.481 e. The van der Waals surface area contributed by atoms with E-state index in [2.05, 4.69) is 35.8 Å². The third-order valence-corrected chi connectivity index (χ3v) is 6.63. The molecule has 2 N–H and O–H groups in total. The minimum Gasteiger partial charge on any atom is -0.481 e. The fourth-order valence-electron chi connectivity index (χ4n) is 2.84. The number of hydrogen-bond acceptors (Lipinski definition) is 6. The molecule has 31 heavy (non-hydrogen) atoms. The third-order valence-electron chi connectivity index (χ3n) is 4.45. The van der Waals surface area contributed by atoms with Crippen molar-refractivity contribution in [2.45, 2.75) is 44.1 Å². The molecule has 0 spiro atoms. The average Bonchev–Trinajstić information content (AvgIpc) is 3.20. The van der Waals surface area contributed by atoms with Crippen LogP contribution in [-0.2, 0) is 20.2 Å². The van der Waals surface area contributed by atoms with Gasteiger partial charge in [0.1, 0.15) is 5.75 Å². The van der Waals surface area contributed by atoms with E-state index in [1.807, 2.05) is 24.3 Å². The van der Waals surface area contributed by atoms with Gasteiger partial charge >= 0.3 is 0 Å². The summed E-state index contributed by atoms with van der Waals surface area (Å²) in [6.45, 7) is 7.92. The molecule has 1 atom stereocenters. The highest BCUT2D eigenvalue weighted by Gasteiger charge is 2.22. The molecule has 1 amide bonds. The molecule has 0 aliphatic heterocycles. The summed E-state index contributed by atoms with van der Waals surface area (Å²) in [5.74, 6) is 0.326. The Balaban J connectivity index is 1.66. The van der Waals surface area contributed by atoms with Gasteiger partial charge < -0.3 is 10.1 Å². The van der Waals surface area contributed by atoms with E-state index in [1.54, 1.807) is 12.3 Å². The van der Waals surface area contributed by atoms with Crippen molar-refractivity contribution >= 4 is 38.1 Å². The Kier molecular flexibility index (Phi) is 6.66. The van der Waals surface area contributed by atoms with Crippen molar-refractivity contribution in [1.29, 1.82) is 0 Å². The molecule has 1 heterocycles. The lowest BCUT2D eigenvalue weighted by atomic mass is 9.86. The second kappa shape index (κ2) is 9.07. The molecule has 0 saturated heterocycles. The molecule has 0 radical (unpaired) electrons. The van der Waals surface area contributed by atoms with Crippen LogP contribution in [-0.4, -0.2) is 25.4 Å². The van der Waals surface area contributed by atoms with Crippen LogP contribution in [0.2, 0.25) is 0 Å². The number of rotatable bonds is 7. The van der Waals surface area contributed by atoms with Gasteiger partial charge in [0.25, 0.3) is 15.9 Å². The lowest BCUT2D eigenvalue weighted by molar-refractivity contribution is -0.122. The molecular weight excluding hydrogens is 434 g/mol. The van der Waals surface area contributed by atoms with Gasteiger partial charge in [-0.2, -0.15) is 0 Å². The van der Waals surface area contributed by atoms with Gasteiger partial charge in [0.15, 0.2) is 11.2 Å². The van der Waals surface area contributed by atoms with E-state index in [1.165, 1.54) is 41.8 Å². The summed E-state index contributed by atoms with van der Waals surface area (Å²) in [6.07, 6.45) is 0.781. The molecule has 0 aliphatic rings. The number of hydrogen-bond donors (Lipinski definition) is 2. The Morgan fingerprint density at radius 1 is 1.10 bits per heavy atom. The van der Waals surface area contributed by atoms with Gasteiger partial charge in [-0.15, -0.1) is 11.3 Å². The van der Waals surface area contributed by atoms with Crippen molar-refractivity contribution in [3.05, 3.63) is 65.7 Å². The first-order valence-corrected chi connectivity index (χ1v) is 12.0. The van der Waals surface area contributed by atoms with Crippen LogP contribution in [0.3, 0.4) is 0 Å². The van der Waals surface area contributed by atoms with E-state index in [-0.39, 0.29) is 16.2 Å². The number of sulfonamides is 1. The van der Waals surface area contributed by atoms with E-state index < -0.39 is 16.1 Å². The predicted octanol–water partition coefficient (Wildman–Crippen LogP) is 4.65. The Hall–Kier alpha value is -2.91. The topological polar surface area (TPSA) is 97.4 Å². The van der Waals surface area contributed by atoms with Crippen molar-refractivity contribution in [3.8, 4) is 5.75 Å². The van der Waals surface area contributed by atoms with Gasteiger partial charge in [0, 0.05) is 17.3 Å². The van der Waals surface area contributed by atoms with Crippen molar-refractivity contribution in [2.24, 2.45) is 0 Å². The molecule has 2 aromatic carbocycles. The first kappa shape index (κ1) is 22.8. The van der Waals surface area contributed by atoms with Gasteiger partial charge in [-0.3, -0.25) is 9.52 Å². The zero-order valence-corrected chi connectivity index (χ0v) is 19.4. The average molecular weight is 460 g/mol. The monoisotopic (exact) mass is 459 g/mol. The molecule has 0 fully saturated rings. The van der Waals surface area contributed by atoms with Gasteiger partial charge in [-0.1, -0.05) is 39.0 Å². The molecular formula is C22H25N3O4S2. The van der Waals surface area contributed by atoms with E-state index >= 15 is 0 Å². The minimum atomic E-state index is -3.74. The molecule has 9 heteroatoms. The normalized spacial score (nSPS) is 12.8. The molecule has 1 aromatic heterocycles. The van der Waals surface area contributed by atoms with Crippen LogP contribution in [0.25, 0.3) is 0 Å². The summed E-state index contributed by atoms with van der Waals surface area (Å²) in [4.78, 5) is 16.6. The lowest BCUT2D eigenvalue weighted by Gasteiger charge is -2.24. The number of aromatic nitrogens is 1. The van der Waals surface area contributed by atoms with Crippen LogP contribution < -0.4 is 14.8 Å². The van der Waals surface area contributed by atoms with Crippen LogP contribution in [0, 0.1) is 0 Å². The molecule has 0 aliphatic carbocycles. The second-order valence-corrected chi connectivity index (χ2v) is 10.5. The standard InChI is InChI=1S/C22H25N3O4S2/c1-15(29-19-8-6-5-7-18(19)22(2,3)4)20(26)24-16-9-11-17(12-10-16)31(27,28)25-21-23-13-14-30-21/h5-15H,1-4H3,(H,23,25)(H,24,26). The fourth-order valence-corrected chi connectivity index (χ4v) is 4.63. The molecule has 3 rings (SSSR count). The van der Waals surface area contributed by atoms with Crippen LogP contribution in [0.15, 0.2) is 65.0 Å². The van der Waals surface area contributed by atoms with Crippen LogP contribution in [0.1, 0.15) is 33.3 Å². The van der Waals surface area contributed by atoms with Gasteiger partial charge in [0.05, 0.1) is 4.90 Å². The maximum absolute atomic E-state index is 12.6. The summed E-state index contributed by atoms with van der Waals surface area (Å²) in [5.41, 5.74) is 1.36. The van der Waals surface area contributed by atoms with Crippen LogP contribution in [0.5, 0.6) is 5.75 Å². The highest BCUT2D eigenvalue weighted by atomic mass is 32.2. The molecule has 0 saturated carbocycles. The van der Waals surface area contributed by atoms with Gasteiger partial charge in [0.2, 0.25) is 0 Å². The highest BCUT2D eigenvalue weighted by molar-refractivity contribution is 7.93. The molecule has 164 valence electrons. The molecule has 0 bridgehead atoms. The number of thiazole rings is 1. The zero-order chi connectivity index (χ0) is 22.6. The Morgan fingerprint density at radius 3 is 2.39 bits per heavy atom. The molecule has 3 aromatic rings. The van der Waals surface area contributed by atoms with Gasteiger partial charge in [-0.25, -0.2) is 13.4 Å². The maximum Gasteiger partial charge on any atom is 0.265 e. The zero-order valence-electron chi connectivity index (χ0n) is 17.7. The second-order valence-electron chi connectivity index (χ2n) is 7.96. The molecule has 7 nitrogen and oxygen atoms in total.